The van der Waals surface area contributed by atoms with Gasteiger partial charge < -0.3 is 5.21 Å². The van der Waals surface area contributed by atoms with E-state index < -0.39 is 0 Å². The molecular weight excluding hydrogens is 138 g/mol. The van der Waals surface area contributed by atoms with Crippen LogP contribution in [0, 0.1) is 0 Å². The summed E-state index contributed by atoms with van der Waals surface area (Å²) in [4.78, 5) is 0. The maximum atomic E-state index is 8.66. The molecule has 0 aromatic carbocycles. The van der Waals surface area contributed by atoms with E-state index in [1.807, 2.05) is 6.08 Å². The first kappa shape index (κ1) is 10.7. The SMILES string of the molecule is C=CCC(CCCCC)NO. The summed E-state index contributed by atoms with van der Waals surface area (Å²) < 4.78 is 0. The lowest BCUT2D eigenvalue weighted by Gasteiger charge is -2.11. The normalized spacial score (nSPS) is 12.9. The highest BCUT2D eigenvalue weighted by Crippen LogP contribution is 2.05. The van der Waals surface area contributed by atoms with Crippen LogP contribution in [-0.4, -0.2) is 11.2 Å². The first-order chi connectivity index (χ1) is 5.35. The summed E-state index contributed by atoms with van der Waals surface area (Å²) in [6.07, 6.45) is 7.38. The third-order valence-electron chi connectivity index (χ3n) is 1.79. The van der Waals surface area contributed by atoms with Crippen LogP contribution in [0.1, 0.15) is 39.0 Å². The van der Waals surface area contributed by atoms with Gasteiger partial charge in [-0.2, -0.15) is 0 Å². The highest BCUT2D eigenvalue weighted by Gasteiger charge is 2.02. The molecule has 0 aromatic rings. The largest absolute Gasteiger partial charge is 0.317 e. The predicted octanol–water partition coefficient (Wildman–Crippen LogP) is 2.49. The van der Waals surface area contributed by atoms with Crippen molar-refractivity contribution < 1.29 is 5.21 Å². The van der Waals surface area contributed by atoms with Crippen molar-refractivity contribution in [3.8, 4) is 0 Å². The molecule has 1 atom stereocenters. The van der Waals surface area contributed by atoms with Gasteiger partial charge in [-0.1, -0.05) is 32.3 Å². The predicted molar refractivity (Wildman–Crippen MR) is 47.7 cm³/mol. The fourth-order valence-electron chi connectivity index (χ4n) is 1.08. The van der Waals surface area contributed by atoms with Gasteiger partial charge in [-0.15, -0.1) is 6.58 Å². The minimum atomic E-state index is 0.207. The smallest absolute Gasteiger partial charge is 0.0354 e. The summed E-state index contributed by atoms with van der Waals surface area (Å²) >= 11 is 0. The molecule has 0 spiro atoms. The van der Waals surface area contributed by atoms with E-state index in [0.29, 0.717) is 0 Å². The Hall–Kier alpha value is -0.340. The van der Waals surface area contributed by atoms with Gasteiger partial charge in [-0.25, -0.2) is 5.48 Å². The minimum Gasteiger partial charge on any atom is -0.317 e. The quantitative estimate of drug-likeness (QED) is 0.338. The highest BCUT2D eigenvalue weighted by atomic mass is 16.5. The minimum absolute atomic E-state index is 0.207. The molecule has 0 rings (SSSR count). The second-order valence-electron chi connectivity index (χ2n) is 2.85. The van der Waals surface area contributed by atoms with Gasteiger partial charge in [0.1, 0.15) is 0 Å². The van der Waals surface area contributed by atoms with Gasteiger partial charge >= 0.3 is 0 Å². The molecule has 0 heterocycles. The van der Waals surface area contributed by atoms with Crippen LogP contribution in [0.15, 0.2) is 12.7 Å². The van der Waals surface area contributed by atoms with Crippen LogP contribution >= 0.6 is 0 Å². The van der Waals surface area contributed by atoms with Crippen molar-refractivity contribution in [1.82, 2.24) is 5.48 Å². The van der Waals surface area contributed by atoms with E-state index in [1.54, 1.807) is 0 Å². The van der Waals surface area contributed by atoms with Crippen LogP contribution in [-0.2, 0) is 0 Å². The number of hydrogen-bond donors (Lipinski definition) is 2. The van der Waals surface area contributed by atoms with Crippen LogP contribution in [0.5, 0.6) is 0 Å². The number of unbranched alkanes of at least 4 members (excludes halogenated alkanes) is 2. The Labute approximate surface area is 69.3 Å². The van der Waals surface area contributed by atoms with Crippen molar-refractivity contribution in [3.63, 3.8) is 0 Å². The summed E-state index contributed by atoms with van der Waals surface area (Å²) in [5.74, 6) is 0. The van der Waals surface area contributed by atoms with E-state index in [2.05, 4.69) is 19.0 Å². The van der Waals surface area contributed by atoms with Gasteiger partial charge in [0.25, 0.3) is 0 Å². The van der Waals surface area contributed by atoms with E-state index in [4.69, 9.17) is 5.21 Å². The van der Waals surface area contributed by atoms with E-state index in [9.17, 15) is 0 Å². The van der Waals surface area contributed by atoms with Gasteiger partial charge in [-0.3, -0.25) is 0 Å². The lowest BCUT2D eigenvalue weighted by molar-refractivity contribution is 0.121. The fraction of sp³-hybridized carbons (Fsp3) is 0.778. The van der Waals surface area contributed by atoms with Crippen LogP contribution < -0.4 is 5.48 Å². The molecule has 11 heavy (non-hydrogen) atoms. The second kappa shape index (κ2) is 7.76. The van der Waals surface area contributed by atoms with Crippen LogP contribution in [0.3, 0.4) is 0 Å². The first-order valence-corrected chi connectivity index (χ1v) is 4.35. The molecule has 1 unspecified atom stereocenters. The zero-order chi connectivity index (χ0) is 8.53. The average molecular weight is 157 g/mol. The van der Waals surface area contributed by atoms with Gasteiger partial charge in [-0.05, 0) is 12.8 Å². The average Bonchev–Trinajstić information content (AvgIpc) is 2.03. The van der Waals surface area contributed by atoms with E-state index in [-0.39, 0.29) is 6.04 Å². The van der Waals surface area contributed by atoms with E-state index in [0.717, 1.165) is 12.8 Å². The monoisotopic (exact) mass is 157 g/mol. The topological polar surface area (TPSA) is 32.3 Å². The molecule has 0 radical (unpaired) electrons. The molecule has 0 aliphatic rings. The standard InChI is InChI=1S/C9H19NO/c1-3-5-6-8-9(10-11)7-4-2/h4,9-11H,2-3,5-8H2,1H3. The van der Waals surface area contributed by atoms with Gasteiger partial charge in [0, 0.05) is 6.04 Å². The summed E-state index contributed by atoms with van der Waals surface area (Å²) in [6.45, 7) is 5.80. The molecule has 0 fully saturated rings. The molecule has 2 N–H and O–H groups in total. The number of hydrogen-bond acceptors (Lipinski definition) is 2. The van der Waals surface area contributed by atoms with Crippen LogP contribution in [0.25, 0.3) is 0 Å². The highest BCUT2D eigenvalue weighted by molar-refractivity contribution is 4.75. The van der Waals surface area contributed by atoms with Crippen molar-refractivity contribution in [3.05, 3.63) is 12.7 Å². The fourth-order valence-corrected chi connectivity index (χ4v) is 1.08. The van der Waals surface area contributed by atoms with Crippen LogP contribution in [0.2, 0.25) is 0 Å². The first-order valence-electron chi connectivity index (χ1n) is 4.35. The lowest BCUT2D eigenvalue weighted by atomic mass is 10.1. The van der Waals surface area contributed by atoms with Crippen molar-refractivity contribution >= 4 is 0 Å². The lowest BCUT2D eigenvalue weighted by Crippen LogP contribution is -2.24. The molecular formula is C9H19NO. The molecule has 0 aliphatic heterocycles. The molecule has 0 aromatic heterocycles. The molecule has 0 saturated carbocycles. The third-order valence-corrected chi connectivity index (χ3v) is 1.79. The van der Waals surface area contributed by atoms with Gasteiger partial charge in [0.15, 0.2) is 0 Å². The Bertz CT molecular complexity index is 93.6. The Morgan fingerprint density at radius 3 is 2.73 bits per heavy atom. The zero-order valence-electron chi connectivity index (χ0n) is 7.34. The Balaban J connectivity index is 3.27. The molecule has 66 valence electrons. The van der Waals surface area contributed by atoms with Crippen molar-refractivity contribution in [2.75, 3.05) is 0 Å². The van der Waals surface area contributed by atoms with E-state index >= 15 is 0 Å². The maximum Gasteiger partial charge on any atom is 0.0354 e. The van der Waals surface area contributed by atoms with Gasteiger partial charge in [0.2, 0.25) is 0 Å². The molecule has 2 heteroatoms. The second-order valence-corrected chi connectivity index (χ2v) is 2.85. The van der Waals surface area contributed by atoms with Crippen molar-refractivity contribution in [2.45, 2.75) is 45.1 Å². The van der Waals surface area contributed by atoms with Crippen LogP contribution in [0.4, 0.5) is 0 Å². The summed E-state index contributed by atoms with van der Waals surface area (Å²) in [5.41, 5.74) is 2.29. The molecule has 2 nitrogen and oxygen atoms in total. The Morgan fingerprint density at radius 2 is 2.27 bits per heavy atom. The van der Waals surface area contributed by atoms with Crippen molar-refractivity contribution in [2.24, 2.45) is 0 Å². The number of rotatable bonds is 7. The molecule has 0 bridgehead atoms. The third kappa shape index (κ3) is 6.07. The number of nitrogens with one attached hydrogen (secondary N) is 1. The molecule has 0 amide bonds. The summed E-state index contributed by atoms with van der Waals surface area (Å²) in [6, 6.07) is 0.207. The van der Waals surface area contributed by atoms with Crippen molar-refractivity contribution in [1.29, 1.82) is 0 Å². The Kier molecular flexibility index (Phi) is 7.52. The summed E-state index contributed by atoms with van der Waals surface area (Å²) in [7, 11) is 0. The van der Waals surface area contributed by atoms with E-state index in [1.165, 1.54) is 19.3 Å². The van der Waals surface area contributed by atoms with Gasteiger partial charge in [0.05, 0.1) is 0 Å². The summed E-state index contributed by atoms with van der Waals surface area (Å²) in [5, 5.41) is 8.66. The molecule has 0 aliphatic carbocycles. The number of hydroxylamine groups is 1. The maximum absolute atomic E-state index is 8.66. The zero-order valence-corrected chi connectivity index (χ0v) is 7.34. The molecule has 0 saturated heterocycles. The Morgan fingerprint density at radius 1 is 1.55 bits per heavy atom.